The van der Waals surface area contributed by atoms with Gasteiger partial charge in [0.2, 0.25) is 0 Å². The fourth-order valence-electron chi connectivity index (χ4n) is 2.52. The van der Waals surface area contributed by atoms with Crippen molar-refractivity contribution in [3.63, 3.8) is 0 Å². The molecule has 2 rings (SSSR count). The number of rotatable bonds is 8. The van der Waals surface area contributed by atoms with Crippen molar-refractivity contribution >= 4 is 29.9 Å². The van der Waals surface area contributed by atoms with Crippen LogP contribution in [0.4, 0.5) is 0 Å². The van der Waals surface area contributed by atoms with Gasteiger partial charge in [-0.25, -0.2) is 0 Å². The van der Waals surface area contributed by atoms with Gasteiger partial charge < -0.3 is 19.8 Å². The van der Waals surface area contributed by atoms with Gasteiger partial charge in [-0.05, 0) is 38.3 Å². The molecule has 1 aliphatic heterocycles. The molecular weight excluding hydrogens is 405 g/mol. The molecule has 1 unspecified atom stereocenters. The molecule has 0 amide bonds. The fraction of sp³-hybridized carbons (Fsp3) is 0.706. The molecular formula is C17H30IN3O2. The third-order valence-corrected chi connectivity index (χ3v) is 3.94. The van der Waals surface area contributed by atoms with Crippen LogP contribution < -0.4 is 10.6 Å². The number of furan rings is 1. The molecule has 0 aromatic carbocycles. The molecule has 1 atom stereocenters. The molecule has 2 heterocycles. The molecule has 1 aliphatic rings. The summed E-state index contributed by atoms with van der Waals surface area (Å²) >= 11 is 0. The Labute approximate surface area is 156 Å². The summed E-state index contributed by atoms with van der Waals surface area (Å²) < 4.78 is 11.2. The summed E-state index contributed by atoms with van der Waals surface area (Å²) in [5.74, 6) is 1.86. The van der Waals surface area contributed by atoms with Crippen LogP contribution in [-0.2, 0) is 11.2 Å². The van der Waals surface area contributed by atoms with Crippen LogP contribution in [0.2, 0.25) is 0 Å². The van der Waals surface area contributed by atoms with Crippen molar-refractivity contribution < 1.29 is 9.15 Å². The Hall–Kier alpha value is -0.760. The van der Waals surface area contributed by atoms with E-state index in [4.69, 9.17) is 14.1 Å². The van der Waals surface area contributed by atoms with Crippen LogP contribution in [0, 0.1) is 0 Å². The van der Waals surface area contributed by atoms with Crippen molar-refractivity contribution in [2.75, 3.05) is 26.2 Å². The number of unbranched alkanes of at least 4 members (excludes halogenated alkanes) is 1. The molecule has 0 radical (unpaired) electrons. The average Bonchev–Trinajstić information content (AvgIpc) is 3.17. The second kappa shape index (κ2) is 10.9. The van der Waals surface area contributed by atoms with Gasteiger partial charge in [-0.15, -0.1) is 24.0 Å². The standard InChI is InChI=1S/C17H29N3O2.HI/c1-3-4-10-18-16(19-11-8-15-7-5-12-21-15)20-14-17(2)9-6-13-22-17;/h5,7,12H,3-4,6,8-11,13-14H2,1-2H3,(H2,18,19,20);1H. The summed E-state index contributed by atoms with van der Waals surface area (Å²) in [6.45, 7) is 7.65. The van der Waals surface area contributed by atoms with Crippen LogP contribution in [0.15, 0.2) is 27.8 Å². The normalized spacial score (nSPS) is 21.0. The first-order valence-corrected chi connectivity index (χ1v) is 8.40. The first-order chi connectivity index (χ1) is 10.7. The van der Waals surface area contributed by atoms with Crippen LogP contribution in [-0.4, -0.2) is 37.8 Å². The molecule has 5 nitrogen and oxygen atoms in total. The molecule has 1 aromatic rings. The lowest BCUT2D eigenvalue weighted by Gasteiger charge is -2.21. The second-order valence-corrected chi connectivity index (χ2v) is 6.10. The number of nitrogens with one attached hydrogen (secondary N) is 2. The molecule has 1 saturated heterocycles. The number of hydrogen-bond acceptors (Lipinski definition) is 3. The van der Waals surface area contributed by atoms with Gasteiger partial charge in [0.25, 0.3) is 0 Å². The van der Waals surface area contributed by atoms with E-state index in [1.807, 2.05) is 12.1 Å². The average molecular weight is 435 g/mol. The maximum Gasteiger partial charge on any atom is 0.191 e. The number of nitrogens with zero attached hydrogens (tertiary/aromatic N) is 1. The van der Waals surface area contributed by atoms with Crippen LogP contribution in [0.3, 0.4) is 0 Å². The van der Waals surface area contributed by atoms with E-state index < -0.39 is 0 Å². The van der Waals surface area contributed by atoms with E-state index in [9.17, 15) is 0 Å². The van der Waals surface area contributed by atoms with Gasteiger partial charge in [0, 0.05) is 26.1 Å². The van der Waals surface area contributed by atoms with E-state index >= 15 is 0 Å². The highest BCUT2D eigenvalue weighted by atomic mass is 127. The predicted octanol–water partition coefficient (Wildman–Crippen LogP) is 3.34. The quantitative estimate of drug-likeness (QED) is 0.285. The van der Waals surface area contributed by atoms with E-state index in [0.29, 0.717) is 6.54 Å². The Balaban J connectivity index is 0.00000264. The van der Waals surface area contributed by atoms with Crippen molar-refractivity contribution in [1.29, 1.82) is 0 Å². The molecule has 1 fully saturated rings. The largest absolute Gasteiger partial charge is 0.469 e. The van der Waals surface area contributed by atoms with Crippen molar-refractivity contribution in [3.05, 3.63) is 24.2 Å². The Morgan fingerprint density at radius 2 is 2.17 bits per heavy atom. The summed E-state index contributed by atoms with van der Waals surface area (Å²) in [6, 6.07) is 3.92. The Morgan fingerprint density at radius 3 is 2.83 bits per heavy atom. The fourth-order valence-corrected chi connectivity index (χ4v) is 2.52. The summed E-state index contributed by atoms with van der Waals surface area (Å²) in [7, 11) is 0. The SMILES string of the molecule is CCCCNC(=NCC1(C)CCCO1)NCCc1ccco1.I. The van der Waals surface area contributed by atoms with E-state index in [1.165, 1.54) is 6.42 Å². The van der Waals surface area contributed by atoms with Gasteiger partial charge in [-0.1, -0.05) is 13.3 Å². The van der Waals surface area contributed by atoms with Crippen LogP contribution in [0.25, 0.3) is 0 Å². The van der Waals surface area contributed by atoms with Crippen molar-refractivity contribution in [2.24, 2.45) is 4.99 Å². The zero-order valence-electron chi connectivity index (χ0n) is 14.3. The summed E-state index contributed by atoms with van der Waals surface area (Å²) in [5.41, 5.74) is -0.0968. The maximum absolute atomic E-state index is 5.80. The highest BCUT2D eigenvalue weighted by Crippen LogP contribution is 2.24. The lowest BCUT2D eigenvalue weighted by molar-refractivity contribution is 0.0283. The molecule has 0 aliphatic carbocycles. The highest BCUT2D eigenvalue weighted by molar-refractivity contribution is 14.0. The summed E-state index contributed by atoms with van der Waals surface area (Å²) in [4.78, 5) is 4.71. The Kier molecular flexibility index (Phi) is 9.62. The predicted molar refractivity (Wildman–Crippen MR) is 105 cm³/mol. The minimum Gasteiger partial charge on any atom is -0.469 e. The van der Waals surface area contributed by atoms with E-state index in [0.717, 1.165) is 57.1 Å². The second-order valence-electron chi connectivity index (χ2n) is 6.10. The van der Waals surface area contributed by atoms with Gasteiger partial charge in [0.15, 0.2) is 5.96 Å². The van der Waals surface area contributed by atoms with E-state index in [2.05, 4.69) is 24.5 Å². The lowest BCUT2D eigenvalue weighted by atomic mass is 10.0. The van der Waals surface area contributed by atoms with Crippen molar-refractivity contribution in [1.82, 2.24) is 10.6 Å². The number of ether oxygens (including phenoxy) is 1. The third-order valence-electron chi connectivity index (χ3n) is 3.94. The van der Waals surface area contributed by atoms with Crippen LogP contribution in [0.5, 0.6) is 0 Å². The molecule has 0 spiro atoms. The van der Waals surface area contributed by atoms with Crippen LogP contribution in [0.1, 0.15) is 45.3 Å². The molecule has 23 heavy (non-hydrogen) atoms. The Bertz CT molecular complexity index is 443. The summed E-state index contributed by atoms with van der Waals surface area (Å²) in [5, 5.41) is 6.78. The van der Waals surface area contributed by atoms with Gasteiger partial charge in [-0.3, -0.25) is 4.99 Å². The van der Waals surface area contributed by atoms with Gasteiger partial charge in [-0.2, -0.15) is 0 Å². The van der Waals surface area contributed by atoms with E-state index in [-0.39, 0.29) is 29.6 Å². The van der Waals surface area contributed by atoms with Gasteiger partial charge >= 0.3 is 0 Å². The maximum atomic E-state index is 5.80. The van der Waals surface area contributed by atoms with Gasteiger partial charge in [0.1, 0.15) is 5.76 Å². The molecule has 0 saturated carbocycles. The number of halogens is 1. The van der Waals surface area contributed by atoms with Crippen LogP contribution >= 0.6 is 24.0 Å². The van der Waals surface area contributed by atoms with E-state index in [1.54, 1.807) is 6.26 Å². The summed E-state index contributed by atoms with van der Waals surface area (Å²) in [6.07, 6.45) is 7.11. The van der Waals surface area contributed by atoms with Gasteiger partial charge in [0.05, 0.1) is 18.4 Å². The number of hydrogen-bond donors (Lipinski definition) is 2. The molecule has 132 valence electrons. The first-order valence-electron chi connectivity index (χ1n) is 8.40. The minimum atomic E-state index is -0.0968. The third kappa shape index (κ3) is 7.56. The highest BCUT2D eigenvalue weighted by Gasteiger charge is 2.29. The molecule has 0 bridgehead atoms. The molecule has 2 N–H and O–H groups in total. The zero-order valence-corrected chi connectivity index (χ0v) is 16.6. The number of aliphatic imine (C=N–C) groups is 1. The molecule has 1 aromatic heterocycles. The number of guanidine groups is 1. The smallest absolute Gasteiger partial charge is 0.191 e. The zero-order chi connectivity index (χ0) is 15.7. The lowest BCUT2D eigenvalue weighted by Crippen LogP contribution is -2.40. The molecule has 6 heteroatoms. The van der Waals surface area contributed by atoms with Crippen molar-refractivity contribution in [3.8, 4) is 0 Å². The Morgan fingerprint density at radius 1 is 1.35 bits per heavy atom. The monoisotopic (exact) mass is 435 g/mol. The first kappa shape index (κ1) is 20.3. The topological polar surface area (TPSA) is 58.8 Å². The minimum absolute atomic E-state index is 0. The van der Waals surface area contributed by atoms with Crippen molar-refractivity contribution in [2.45, 2.75) is 51.6 Å².